The van der Waals surface area contributed by atoms with Gasteiger partial charge in [-0.2, -0.15) is 0 Å². The van der Waals surface area contributed by atoms with Crippen molar-refractivity contribution in [1.82, 2.24) is 0 Å². The van der Waals surface area contributed by atoms with Crippen LogP contribution in [0.25, 0.3) is 0 Å². The minimum Gasteiger partial charge on any atom is -0.495 e. The number of aryl methyl sites for hydroxylation is 1. The molecule has 0 radical (unpaired) electrons. The number of methoxy groups -OCH3 is 1. The number of ether oxygens (including phenoxy) is 1. The van der Waals surface area contributed by atoms with Gasteiger partial charge in [0.1, 0.15) is 18.4 Å². The van der Waals surface area contributed by atoms with E-state index in [-0.39, 0.29) is 5.91 Å². The number of carbonyl (C=O) groups excluding carboxylic acids is 1. The highest BCUT2D eigenvalue weighted by molar-refractivity contribution is 6.04. The second-order valence-corrected chi connectivity index (χ2v) is 3.91. The molecule has 1 heterocycles. The molecule has 0 spiro atoms. The number of nitrogens with one attached hydrogen (secondary N) is 1. The summed E-state index contributed by atoms with van der Waals surface area (Å²) < 4.78 is 7.02. The lowest BCUT2D eigenvalue weighted by Gasteiger charge is -2.09. The largest absolute Gasteiger partial charge is 0.495 e. The van der Waals surface area contributed by atoms with Gasteiger partial charge in [0.2, 0.25) is 0 Å². The highest BCUT2D eigenvalue weighted by atomic mass is 16.5. The number of hydrogen-bond donors (Lipinski definition) is 1. The second kappa shape index (κ2) is 5.31. The summed E-state index contributed by atoms with van der Waals surface area (Å²) in [7, 11) is 3.45. The minimum absolute atomic E-state index is 0.157. The van der Waals surface area contributed by atoms with E-state index in [0.29, 0.717) is 17.0 Å². The molecule has 0 aliphatic rings. The summed E-state index contributed by atoms with van der Waals surface area (Å²) in [5.74, 6) is 0.488. The zero-order chi connectivity index (χ0) is 13.0. The van der Waals surface area contributed by atoms with E-state index in [2.05, 4.69) is 5.32 Å². The van der Waals surface area contributed by atoms with Crippen LogP contribution in [0, 0.1) is 0 Å². The highest BCUT2D eigenvalue weighted by Gasteiger charge is 2.11. The molecule has 1 N–H and O–H groups in total. The molecule has 0 aliphatic carbocycles. The van der Waals surface area contributed by atoms with Crippen LogP contribution in [0.15, 0.2) is 48.8 Å². The van der Waals surface area contributed by atoms with Crippen LogP contribution in [0.4, 0.5) is 5.69 Å². The molecule has 1 amide bonds. The molecule has 92 valence electrons. The lowest BCUT2D eigenvalue weighted by atomic mass is 10.2. The third-order valence-corrected chi connectivity index (χ3v) is 2.56. The molecule has 4 heteroatoms. The Labute approximate surface area is 106 Å². The smallest absolute Gasteiger partial charge is 0.261 e. The predicted octanol–water partition coefficient (Wildman–Crippen LogP) is 1.77. The molecule has 0 saturated carbocycles. The van der Waals surface area contributed by atoms with Crippen molar-refractivity contribution in [2.24, 2.45) is 7.05 Å². The SMILES string of the molecule is COc1ccccc1NC(=O)c1ccc[n+](C)c1. The van der Waals surface area contributed by atoms with E-state index in [9.17, 15) is 4.79 Å². The zero-order valence-electron chi connectivity index (χ0n) is 10.4. The van der Waals surface area contributed by atoms with Crippen molar-refractivity contribution >= 4 is 11.6 Å². The first kappa shape index (κ1) is 12.1. The van der Waals surface area contributed by atoms with E-state index < -0.39 is 0 Å². The Kier molecular flexibility index (Phi) is 3.57. The van der Waals surface area contributed by atoms with Crippen molar-refractivity contribution in [2.75, 3.05) is 12.4 Å². The van der Waals surface area contributed by atoms with E-state index in [4.69, 9.17) is 4.74 Å². The minimum atomic E-state index is -0.157. The Morgan fingerprint density at radius 2 is 2.00 bits per heavy atom. The fourth-order valence-electron chi connectivity index (χ4n) is 1.66. The average molecular weight is 243 g/mol. The van der Waals surface area contributed by atoms with E-state index in [1.165, 1.54) is 0 Å². The molecule has 0 aliphatic heterocycles. The van der Waals surface area contributed by atoms with Crippen LogP contribution in [-0.4, -0.2) is 13.0 Å². The summed E-state index contributed by atoms with van der Waals surface area (Å²) in [5.41, 5.74) is 1.27. The Bertz CT molecular complexity index is 567. The molecule has 2 rings (SSSR count). The van der Waals surface area contributed by atoms with E-state index in [1.54, 1.807) is 31.5 Å². The van der Waals surface area contributed by atoms with Gasteiger partial charge in [-0.25, -0.2) is 4.57 Å². The average Bonchev–Trinajstić information content (AvgIpc) is 2.39. The Morgan fingerprint density at radius 3 is 2.72 bits per heavy atom. The van der Waals surface area contributed by atoms with Crippen LogP contribution >= 0.6 is 0 Å². The highest BCUT2D eigenvalue weighted by Crippen LogP contribution is 2.23. The first-order valence-electron chi connectivity index (χ1n) is 5.60. The Balaban J connectivity index is 2.21. The van der Waals surface area contributed by atoms with Crippen molar-refractivity contribution in [3.8, 4) is 5.75 Å². The van der Waals surface area contributed by atoms with Crippen molar-refractivity contribution in [3.63, 3.8) is 0 Å². The van der Waals surface area contributed by atoms with Gasteiger partial charge in [0.15, 0.2) is 12.4 Å². The van der Waals surface area contributed by atoms with E-state index >= 15 is 0 Å². The number of pyridine rings is 1. The maximum absolute atomic E-state index is 12.1. The van der Waals surface area contributed by atoms with Crippen LogP contribution in [0.2, 0.25) is 0 Å². The zero-order valence-corrected chi connectivity index (χ0v) is 10.4. The summed E-state index contributed by atoms with van der Waals surface area (Å²) in [5, 5.41) is 2.83. The van der Waals surface area contributed by atoms with Crippen molar-refractivity contribution in [1.29, 1.82) is 0 Å². The summed E-state index contributed by atoms with van der Waals surface area (Å²) in [6, 6.07) is 10.9. The topological polar surface area (TPSA) is 42.2 Å². The van der Waals surface area contributed by atoms with Crippen LogP contribution in [0.3, 0.4) is 0 Å². The summed E-state index contributed by atoms with van der Waals surface area (Å²) in [6.07, 6.45) is 3.64. The van der Waals surface area contributed by atoms with Gasteiger partial charge in [-0.05, 0) is 18.2 Å². The van der Waals surface area contributed by atoms with Crippen LogP contribution in [0.1, 0.15) is 10.4 Å². The number of carbonyl (C=O) groups is 1. The third-order valence-electron chi connectivity index (χ3n) is 2.56. The number of rotatable bonds is 3. The van der Waals surface area contributed by atoms with Gasteiger partial charge < -0.3 is 10.1 Å². The molecule has 0 fully saturated rings. The van der Waals surface area contributed by atoms with Crippen molar-refractivity contribution < 1.29 is 14.1 Å². The van der Waals surface area contributed by atoms with Crippen molar-refractivity contribution in [2.45, 2.75) is 0 Å². The fourth-order valence-corrected chi connectivity index (χ4v) is 1.66. The van der Waals surface area contributed by atoms with E-state index in [1.807, 2.05) is 36.0 Å². The Morgan fingerprint density at radius 1 is 1.22 bits per heavy atom. The molecule has 0 unspecified atom stereocenters. The number of anilines is 1. The van der Waals surface area contributed by atoms with Gasteiger partial charge in [-0.3, -0.25) is 4.79 Å². The van der Waals surface area contributed by atoms with Gasteiger partial charge in [0.05, 0.1) is 12.8 Å². The maximum atomic E-state index is 12.1. The number of aromatic nitrogens is 1. The first-order chi connectivity index (χ1) is 8.70. The number of nitrogens with zero attached hydrogens (tertiary/aromatic N) is 1. The number of para-hydroxylation sites is 2. The van der Waals surface area contributed by atoms with Crippen LogP contribution < -0.4 is 14.6 Å². The first-order valence-corrected chi connectivity index (χ1v) is 5.60. The monoisotopic (exact) mass is 243 g/mol. The van der Waals surface area contributed by atoms with Gasteiger partial charge >= 0.3 is 0 Å². The maximum Gasteiger partial charge on any atom is 0.261 e. The van der Waals surface area contributed by atoms with Gasteiger partial charge in [0.25, 0.3) is 5.91 Å². The summed E-state index contributed by atoms with van der Waals surface area (Å²) in [6.45, 7) is 0. The lowest BCUT2D eigenvalue weighted by molar-refractivity contribution is -0.671. The quantitative estimate of drug-likeness (QED) is 0.835. The molecular formula is C14H15N2O2+. The molecule has 1 aromatic heterocycles. The summed E-state index contributed by atoms with van der Waals surface area (Å²) >= 11 is 0. The Hall–Kier alpha value is -2.36. The summed E-state index contributed by atoms with van der Waals surface area (Å²) in [4.78, 5) is 12.1. The van der Waals surface area contributed by atoms with E-state index in [0.717, 1.165) is 0 Å². The predicted molar refractivity (Wildman–Crippen MR) is 68.6 cm³/mol. The molecule has 0 bridgehead atoms. The van der Waals surface area contributed by atoms with Crippen molar-refractivity contribution in [3.05, 3.63) is 54.4 Å². The third kappa shape index (κ3) is 2.66. The fraction of sp³-hybridized carbons (Fsp3) is 0.143. The number of amides is 1. The molecule has 4 nitrogen and oxygen atoms in total. The standard InChI is InChI=1S/C14H14N2O2/c1-16-9-5-6-11(10-16)14(17)15-12-7-3-4-8-13(12)18-2/h3-10H,1-2H3/p+1. The molecule has 0 saturated heterocycles. The van der Waals surface area contributed by atoms with Crippen LogP contribution in [0.5, 0.6) is 5.75 Å². The van der Waals surface area contributed by atoms with Gasteiger partial charge in [-0.15, -0.1) is 0 Å². The van der Waals surface area contributed by atoms with Gasteiger partial charge in [-0.1, -0.05) is 12.1 Å². The molecule has 18 heavy (non-hydrogen) atoms. The molecule has 2 aromatic rings. The van der Waals surface area contributed by atoms with Gasteiger partial charge in [0, 0.05) is 6.07 Å². The molecular weight excluding hydrogens is 228 g/mol. The second-order valence-electron chi connectivity index (χ2n) is 3.91. The van der Waals surface area contributed by atoms with Crippen LogP contribution in [-0.2, 0) is 7.05 Å². The lowest BCUT2D eigenvalue weighted by Crippen LogP contribution is -2.28. The molecule has 1 aromatic carbocycles. The number of benzene rings is 1. The normalized spacial score (nSPS) is 9.89. The number of hydrogen-bond acceptors (Lipinski definition) is 2. The molecule has 0 atom stereocenters.